The molecule has 3 heterocycles. The van der Waals surface area contributed by atoms with Gasteiger partial charge in [-0.2, -0.15) is 4.98 Å². The van der Waals surface area contributed by atoms with Crippen LogP contribution in [0.5, 0.6) is 5.88 Å². The summed E-state index contributed by atoms with van der Waals surface area (Å²) in [6.45, 7) is 0.218. The molecule has 34 heavy (non-hydrogen) atoms. The van der Waals surface area contributed by atoms with Crippen molar-refractivity contribution in [3.8, 4) is 17.1 Å². The molecule has 2 N–H and O–H groups in total. The molecule has 0 fully saturated rings. The average molecular weight is 479 g/mol. The topological polar surface area (TPSA) is 110 Å². The third-order valence-corrected chi connectivity index (χ3v) is 7.47. The highest BCUT2D eigenvalue weighted by Crippen LogP contribution is 2.29. The van der Waals surface area contributed by atoms with Crippen molar-refractivity contribution >= 4 is 21.9 Å². The lowest BCUT2D eigenvalue weighted by atomic mass is 9.98. The van der Waals surface area contributed by atoms with Gasteiger partial charge in [-0.1, -0.05) is 49.6 Å². The summed E-state index contributed by atoms with van der Waals surface area (Å²) in [4.78, 5) is 21.7. The van der Waals surface area contributed by atoms with Gasteiger partial charge in [0, 0.05) is 17.2 Å². The SMILES string of the molecule is O=C1N[C@@H]2CCCCCCc3ccccc3-c3cc(nc(n3)NS(=O)(=O)c3cccc1c3)OC2. The predicted molar refractivity (Wildman–Crippen MR) is 128 cm³/mol. The Bertz CT molecular complexity index is 1330. The Morgan fingerprint density at radius 1 is 0.941 bits per heavy atom. The number of fused-ring (bicyclic) bond motifs is 8. The number of nitrogens with zero attached hydrogens (tertiary/aromatic N) is 2. The van der Waals surface area contributed by atoms with Crippen molar-refractivity contribution in [1.29, 1.82) is 0 Å². The summed E-state index contributed by atoms with van der Waals surface area (Å²) in [7, 11) is -4.03. The monoisotopic (exact) mass is 478 g/mol. The van der Waals surface area contributed by atoms with E-state index in [9.17, 15) is 13.2 Å². The quantitative estimate of drug-likeness (QED) is 0.506. The number of rotatable bonds is 0. The number of anilines is 1. The number of sulfonamides is 1. The number of ether oxygens (including phenoxy) is 1. The number of amides is 1. The molecule has 0 unspecified atom stereocenters. The number of carbonyl (C=O) groups is 1. The van der Waals surface area contributed by atoms with E-state index in [0.29, 0.717) is 5.69 Å². The number of nitrogens with one attached hydrogen (secondary N) is 2. The molecule has 5 rings (SSSR count). The van der Waals surface area contributed by atoms with Crippen LogP contribution in [-0.4, -0.2) is 36.9 Å². The Hall–Kier alpha value is -3.46. The van der Waals surface area contributed by atoms with Crippen LogP contribution in [0.2, 0.25) is 0 Å². The molecule has 2 aliphatic rings. The smallest absolute Gasteiger partial charge is 0.264 e. The number of hydrogen-bond acceptors (Lipinski definition) is 6. The van der Waals surface area contributed by atoms with Crippen LogP contribution < -0.4 is 14.8 Å². The molecule has 0 saturated carbocycles. The van der Waals surface area contributed by atoms with Crippen molar-refractivity contribution in [2.45, 2.75) is 49.5 Å². The Labute approximate surface area is 198 Å². The summed E-state index contributed by atoms with van der Waals surface area (Å²) in [6.07, 6.45) is 5.77. The van der Waals surface area contributed by atoms with Crippen molar-refractivity contribution in [3.05, 3.63) is 65.7 Å². The maximum absolute atomic E-state index is 13.1. The minimum absolute atomic E-state index is 0.0364. The van der Waals surface area contributed by atoms with Crippen molar-refractivity contribution in [2.75, 3.05) is 11.3 Å². The van der Waals surface area contributed by atoms with Crippen molar-refractivity contribution in [2.24, 2.45) is 0 Å². The molecule has 8 nitrogen and oxygen atoms in total. The van der Waals surface area contributed by atoms with Gasteiger partial charge in [-0.15, -0.1) is 0 Å². The van der Waals surface area contributed by atoms with Crippen LogP contribution in [0.15, 0.2) is 59.5 Å². The Kier molecular flexibility index (Phi) is 6.19. The molecule has 0 spiro atoms. The second-order valence-corrected chi connectivity index (χ2v) is 10.3. The number of aromatic nitrogens is 2. The van der Waals surface area contributed by atoms with Crippen molar-refractivity contribution in [1.82, 2.24) is 15.3 Å². The molecule has 6 bridgehead atoms. The van der Waals surface area contributed by atoms with Gasteiger partial charge in [0.15, 0.2) is 0 Å². The van der Waals surface area contributed by atoms with Crippen LogP contribution in [0.4, 0.5) is 5.95 Å². The first kappa shape index (κ1) is 22.3. The van der Waals surface area contributed by atoms with Crippen LogP contribution in [0.25, 0.3) is 11.3 Å². The minimum Gasteiger partial charge on any atom is -0.475 e. The van der Waals surface area contributed by atoms with Gasteiger partial charge in [0.1, 0.15) is 6.61 Å². The molecular formula is C25H26N4O4S. The van der Waals surface area contributed by atoms with Gasteiger partial charge >= 0.3 is 0 Å². The zero-order valence-electron chi connectivity index (χ0n) is 18.7. The predicted octanol–water partition coefficient (Wildman–Crippen LogP) is 3.94. The molecule has 0 radical (unpaired) electrons. The van der Waals surface area contributed by atoms with Gasteiger partial charge in [0.25, 0.3) is 15.9 Å². The summed E-state index contributed by atoms with van der Waals surface area (Å²) in [6, 6.07) is 15.4. The normalized spacial score (nSPS) is 19.9. The average Bonchev–Trinajstić information content (AvgIpc) is 2.83. The van der Waals surface area contributed by atoms with Gasteiger partial charge in [-0.3, -0.25) is 4.79 Å². The van der Waals surface area contributed by atoms with Crippen LogP contribution >= 0.6 is 0 Å². The largest absolute Gasteiger partial charge is 0.475 e. The van der Waals surface area contributed by atoms with E-state index < -0.39 is 10.0 Å². The highest BCUT2D eigenvalue weighted by Gasteiger charge is 2.23. The molecule has 1 aromatic heterocycles. The zero-order valence-corrected chi connectivity index (χ0v) is 19.5. The summed E-state index contributed by atoms with van der Waals surface area (Å²) < 4.78 is 34.7. The Morgan fingerprint density at radius 2 is 1.79 bits per heavy atom. The summed E-state index contributed by atoms with van der Waals surface area (Å²) >= 11 is 0. The standard InChI is InChI=1S/C25H26N4O4S/c30-24-18-10-7-12-20(14-18)34(31,32)29-25-27-22-15-23(28-25)33-16-19(26-24)11-4-2-1-3-8-17-9-5-6-13-21(17)22/h5-7,9-10,12-15,19H,1-4,8,11,16H2,(H,26,30)(H,27,28,29)/t19-/m1/s1. The van der Waals surface area contributed by atoms with E-state index in [4.69, 9.17) is 4.74 Å². The molecule has 176 valence electrons. The van der Waals surface area contributed by atoms with Crippen LogP contribution in [-0.2, 0) is 16.4 Å². The fourth-order valence-corrected chi connectivity index (χ4v) is 5.36. The lowest BCUT2D eigenvalue weighted by molar-refractivity contribution is 0.0916. The lowest BCUT2D eigenvalue weighted by Crippen LogP contribution is -2.39. The maximum atomic E-state index is 13.1. The molecule has 1 atom stereocenters. The molecule has 0 saturated heterocycles. The van der Waals surface area contributed by atoms with Crippen molar-refractivity contribution < 1.29 is 17.9 Å². The Morgan fingerprint density at radius 3 is 2.71 bits per heavy atom. The molecule has 0 aliphatic carbocycles. The van der Waals surface area contributed by atoms with Gasteiger partial charge in [-0.25, -0.2) is 18.1 Å². The Balaban J connectivity index is 1.66. The third-order valence-electron chi connectivity index (χ3n) is 6.14. The number of aryl methyl sites for hydroxylation is 1. The van der Waals surface area contributed by atoms with Gasteiger partial charge in [0.05, 0.1) is 16.6 Å². The number of carbonyl (C=O) groups excluding carboxylic acids is 1. The molecule has 3 aromatic rings. The maximum Gasteiger partial charge on any atom is 0.264 e. The van der Waals surface area contributed by atoms with Crippen LogP contribution in [0, 0.1) is 0 Å². The molecular weight excluding hydrogens is 452 g/mol. The van der Waals surface area contributed by atoms with Crippen molar-refractivity contribution in [3.63, 3.8) is 0 Å². The van der Waals surface area contributed by atoms with E-state index in [1.54, 1.807) is 18.2 Å². The number of benzene rings is 2. The fraction of sp³-hybridized carbons (Fsp3) is 0.320. The van der Waals surface area contributed by atoms with E-state index in [1.807, 2.05) is 18.2 Å². The van der Waals surface area contributed by atoms with E-state index in [-0.39, 0.29) is 40.8 Å². The highest BCUT2D eigenvalue weighted by atomic mass is 32.2. The van der Waals surface area contributed by atoms with E-state index in [1.165, 1.54) is 12.1 Å². The highest BCUT2D eigenvalue weighted by molar-refractivity contribution is 7.92. The van der Waals surface area contributed by atoms with Crippen LogP contribution in [0.3, 0.4) is 0 Å². The van der Waals surface area contributed by atoms with E-state index >= 15 is 0 Å². The molecule has 1 amide bonds. The van der Waals surface area contributed by atoms with E-state index in [2.05, 4.69) is 26.1 Å². The first-order chi connectivity index (χ1) is 16.5. The molecule has 9 heteroatoms. The van der Waals surface area contributed by atoms with Gasteiger partial charge in [0.2, 0.25) is 11.8 Å². The summed E-state index contributed by atoms with van der Waals surface area (Å²) in [5.74, 6) is -0.159. The molecule has 2 aromatic carbocycles. The zero-order chi connectivity index (χ0) is 23.5. The lowest BCUT2D eigenvalue weighted by Gasteiger charge is -2.20. The van der Waals surface area contributed by atoms with Gasteiger partial charge in [-0.05, 0) is 43.0 Å². The summed E-state index contributed by atoms with van der Waals surface area (Å²) in [5.41, 5.74) is 2.92. The first-order valence-corrected chi connectivity index (χ1v) is 13.0. The molecule has 2 aliphatic heterocycles. The second kappa shape index (κ2) is 9.42. The minimum atomic E-state index is -4.03. The fourth-order valence-electron chi connectivity index (χ4n) is 4.37. The first-order valence-electron chi connectivity index (χ1n) is 11.5. The second-order valence-electron chi connectivity index (χ2n) is 8.64. The van der Waals surface area contributed by atoms with Crippen LogP contribution in [0.1, 0.15) is 48.0 Å². The summed E-state index contributed by atoms with van der Waals surface area (Å²) in [5, 5.41) is 3.01. The third kappa shape index (κ3) is 4.89. The van der Waals surface area contributed by atoms with Gasteiger partial charge < -0.3 is 10.1 Å². The number of hydrogen-bond donors (Lipinski definition) is 2. The van der Waals surface area contributed by atoms with E-state index in [0.717, 1.165) is 49.7 Å².